The molecule has 4 nitrogen and oxygen atoms in total. The predicted octanol–water partition coefficient (Wildman–Crippen LogP) is 8.06. The van der Waals surface area contributed by atoms with E-state index in [1.165, 1.54) is 19.2 Å². The fourth-order valence-electron chi connectivity index (χ4n) is 2.97. The highest BCUT2D eigenvalue weighted by atomic mass is 79.9. The van der Waals surface area contributed by atoms with Gasteiger partial charge < -0.3 is 10.1 Å². The molecule has 0 spiro atoms. The summed E-state index contributed by atoms with van der Waals surface area (Å²) in [5, 5.41) is 4.34. The van der Waals surface area contributed by atoms with Crippen LogP contribution in [0.5, 0.6) is 5.75 Å². The fourth-order valence-corrected chi connectivity index (χ4v) is 5.86. The van der Waals surface area contributed by atoms with E-state index in [1.54, 1.807) is 11.3 Å². The standard InChI is InChI=1S/C21H12Br2Cl2N2O2S/c1-29-19-13(8-11(24)9-15(19)25)20(28)27-18-12(6-10(22)7-14(18)23)21-26-16-4-2-3-5-17(16)30-21/h2-9H,1H3,(H,27,28). The second-order valence-corrected chi connectivity index (χ2v) is 9.86. The molecule has 4 aromatic rings. The summed E-state index contributed by atoms with van der Waals surface area (Å²) >= 11 is 20.9. The Morgan fingerprint density at radius 3 is 2.63 bits per heavy atom. The maximum Gasteiger partial charge on any atom is 0.259 e. The van der Waals surface area contributed by atoms with E-state index in [0.717, 1.165) is 25.3 Å². The van der Waals surface area contributed by atoms with Crippen molar-refractivity contribution in [2.45, 2.75) is 0 Å². The number of anilines is 1. The number of para-hydroxylation sites is 1. The van der Waals surface area contributed by atoms with Crippen molar-refractivity contribution < 1.29 is 9.53 Å². The average molecular weight is 587 g/mol. The summed E-state index contributed by atoms with van der Waals surface area (Å²) in [6.45, 7) is 0. The van der Waals surface area contributed by atoms with E-state index in [1.807, 2.05) is 36.4 Å². The number of fused-ring (bicyclic) bond motifs is 1. The van der Waals surface area contributed by atoms with Crippen molar-refractivity contribution in [3.8, 4) is 16.3 Å². The molecule has 4 rings (SSSR count). The van der Waals surface area contributed by atoms with Crippen LogP contribution in [0.1, 0.15) is 10.4 Å². The molecule has 1 amide bonds. The summed E-state index contributed by atoms with van der Waals surface area (Å²) in [7, 11) is 1.45. The number of rotatable bonds is 4. The summed E-state index contributed by atoms with van der Waals surface area (Å²) < 4.78 is 7.92. The van der Waals surface area contributed by atoms with Crippen molar-refractivity contribution in [1.29, 1.82) is 0 Å². The molecule has 0 aliphatic carbocycles. The molecule has 1 aromatic heterocycles. The summed E-state index contributed by atoms with van der Waals surface area (Å²) in [6.07, 6.45) is 0. The Balaban J connectivity index is 1.81. The van der Waals surface area contributed by atoms with Crippen LogP contribution < -0.4 is 10.1 Å². The smallest absolute Gasteiger partial charge is 0.259 e. The number of nitrogens with zero attached hydrogens (tertiary/aromatic N) is 1. The average Bonchev–Trinajstić information content (AvgIpc) is 3.13. The van der Waals surface area contributed by atoms with Crippen molar-refractivity contribution in [3.05, 3.63) is 73.1 Å². The largest absolute Gasteiger partial charge is 0.494 e. The first-order valence-electron chi connectivity index (χ1n) is 8.56. The third-order valence-corrected chi connectivity index (χ3v) is 6.93. The molecule has 0 atom stereocenters. The van der Waals surface area contributed by atoms with Crippen molar-refractivity contribution in [1.82, 2.24) is 4.98 Å². The molecule has 0 aliphatic rings. The number of carbonyl (C=O) groups excluding carboxylic acids is 1. The first-order valence-corrected chi connectivity index (χ1v) is 11.7. The van der Waals surface area contributed by atoms with E-state index < -0.39 is 5.91 Å². The van der Waals surface area contributed by atoms with Gasteiger partial charge in [-0.15, -0.1) is 11.3 Å². The van der Waals surface area contributed by atoms with Crippen LogP contribution >= 0.6 is 66.4 Å². The van der Waals surface area contributed by atoms with Crippen molar-refractivity contribution in [2.75, 3.05) is 12.4 Å². The van der Waals surface area contributed by atoms with Gasteiger partial charge in [0.2, 0.25) is 0 Å². The van der Waals surface area contributed by atoms with Gasteiger partial charge in [0.15, 0.2) is 0 Å². The van der Waals surface area contributed by atoms with Gasteiger partial charge in [0.05, 0.1) is 33.6 Å². The minimum absolute atomic E-state index is 0.236. The van der Waals surface area contributed by atoms with Crippen molar-refractivity contribution in [3.63, 3.8) is 0 Å². The minimum Gasteiger partial charge on any atom is -0.494 e. The third kappa shape index (κ3) is 4.22. The molecule has 152 valence electrons. The Morgan fingerprint density at radius 2 is 1.90 bits per heavy atom. The van der Waals surface area contributed by atoms with Crippen LogP contribution in [0.3, 0.4) is 0 Å². The zero-order valence-electron chi connectivity index (χ0n) is 15.3. The molecular formula is C21H12Br2Cl2N2O2S. The third-order valence-electron chi connectivity index (χ3n) is 4.27. The Bertz CT molecular complexity index is 1260. The van der Waals surface area contributed by atoms with Gasteiger partial charge in [0, 0.05) is 19.5 Å². The molecule has 0 bridgehead atoms. The number of halogens is 4. The number of thiazole rings is 1. The SMILES string of the molecule is COc1c(Cl)cc(Cl)cc1C(=O)Nc1c(Br)cc(Br)cc1-c1nc2ccccc2s1. The second kappa shape index (κ2) is 8.85. The van der Waals surface area contributed by atoms with Gasteiger partial charge in [-0.1, -0.05) is 51.3 Å². The Kier molecular flexibility index (Phi) is 6.36. The number of ether oxygens (including phenoxy) is 1. The highest BCUT2D eigenvalue weighted by molar-refractivity contribution is 9.11. The van der Waals surface area contributed by atoms with Gasteiger partial charge in [0.25, 0.3) is 5.91 Å². The number of carbonyl (C=O) groups is 1. The number of aromatic nitrogens is 1. The lowest BCUT2D eigenvalue weighted by Crippen LogP contribution is -2.14. The van der Waals surface area contributed by atoms with Gasteiger partial charge in [-0.2, -0.15) is 0 Å². The quantitative estimate of drug-likeness (QED) is 0.263. The van der Waals surface area contributed by atoms with Crippen molar-refractivity contribution in [2.24, 2.45) is 0 Å². The van der Waals surface area contributed by atoms with Crippen LogP contribution in [-0.4, -0.2) is 18.0 Å². The lowest BCUT2D eigenvalue weighted by Gasteiger charge is -2.15. The number of hydrogen-bond donors (Lipinski definition) is 1. The zero-order valence-corrected chi connectivity index (χ0v) is 20.8. The highest BCUT2D eigenvalue weighted by Gasteiger charge is 2.21. The highest BCUT2D eigenvalue weighted by Crippen LogP contribution is 2.41. The molecule has 1 N–H and O–H groups in total. The molecule has 0 radical (unpaired) electrons. The van der Waals surface area contributed by atoms with Gasteiger partial charge >= 0.3 is 0 Å². The normalized spacial score (nSPS) is 11.0. The lowest BCUT2D eigenvalue weighted by molar-refractivity contribution is 0.102. The zero-order chi connectivity index (χ0) is 21.4. The molecule has 0 aliphatic heterocycles. The van der Waals surface area contributed by atoms with E-state index in [9.17, 15) is 4.79 Å². The summed E-state index contributed by atoms with van der Waals surface area (Å²) in [5.74, 6) is -0.144. The molecular weight excluding hydrogens is 575 g/mol. The first kappa shape index (κ1) is 21.6. The van der Waals surface area contributed by atoms with Crippen LogP contribution in [0.25, 0.3) is 20.8 Å². The van der Waals surface area contributed by atoms with E-state index in [2.05, 4.69) is 37.2 Å². The van der Waals surface area contributed by atoms with Gasteiger partial charge in [-0.25, -0.2) is 4.98 Å². The second-order valence-electron chi connectivity index (χ2n) is 6.22. The predicted molar refractivity (Wildman–Crippen MR) is 131 cm³/mol. The summed E-state index contributed by atoms with van der Waals surface area (Å²) in [5.41, 5.74) is 2.49. The van der Waals surface area contributed by atoms with Gasteiger partial charge in [-0.3, -0.25) is 4.79 Å². The Hall–Kier alpha value is -1.64. The van der Waals surface area contributed by atoms with E-state index in [0.29, 0.717) is 15.2 Å². The lowest BCUT2D eigenvalue weighted by atomic mass is 10.1. The number of nitrogens with one attached hydrogen (secondary N) is 1. The monoisotopic (exact) mass is 584 g/mol. The molecule has 3 aromatic carbocycles. The minimum atomic E-state index is -0.401. The van der Waals surface area contributed by atoms with Crippen LogP contribution in [0, 0.1) is 0 Å². The Morgan fingerprint density at radius 1 is 1.13 bits per heavy atom. The molecule has 1 heterocycles. The van der Waals surface area contributed by atoms with E-state index >= 15 is 0 Å². The molecule has 0 unspecified atom stereocenters. The molecule has 0 saturated carbocycles. The maximum absolute atomic E-state index is 13.1. The fraction of sp³-hybridized carbons (Fsp3) is 0.0476. The number of amides is 1. The molecule has 0 fully saturated rings. The summed E-state index contributed by atoms with van der Waals surface area (Å²) in [4.78, 5) is 17.9. The number of benzene rings is 3. The van der Waals surface area contributed by atoms with E-state index in [4.69, 9.17) is 32.9 Å². The maximum atomic E-state index is 13.1. The van der Waals surface area contributed by atoms with Crippen LogP contribution in [0.2, 0.25) is 10.0 Å². The van der Waals surface area contributed by atoms with Crippen LogP contribution in [0.4, 0.5) is 5.69 Å². The topological polar surface area (TPSA) is 51.2 Å². The molecule has 9 heteroatoms. The molecule has 30 heavy (non-hydrogen) atoms. The van der Waals surface area contributed by atoms with Crippen LogP contribution in [-0.2, 0) is 0 Å². The Labute approximate surface area is 203 Å². The van der Waals surface area contributed by atoms with Gasteiger partial charge in [-0.05, 0) is 52.3 Å². The van der Waals surface area contributed by atoms with Gasteiger partial charge in [0.1, 0.15) is 10.8 Å². The summed E-state index contributed by atoms with van der Waals surface area (Å²) in [6, 6.07) is 14.7. The molecule has 0 saturated heterocycles. The number of methoxy groups -OCH3 is 1. The number of hydrogen-bond acceptors (Lipinski definition) is 4. The first-order chi connectivity index (χ1) is 14.4. The van der Waals surface area contributed by atoms with Crippen LogP contribution in [0.15, 0.2) is 57.5 Å². The van der Waals surface area contributed by atoms with Crippen molar-refractivity contribution >= 4 is 88.2 Å². The van der Waals surface area contributed by atoms with E-state index in [-0.39, 0.29) is 16.3 Å².